The molecule has 0 amide bonds. The Hall–Kier alpha value is -0.980. The SMILES string of the molecule is Cc1ccc(NC2CCCC(C)C2)c(C)c1. The molecule has 0 saturated heterocycles. The van der Waals surface area contributed by atoms with E-state index >= 15 is 0 Å². The predicted octanol–water partition coefficient (Wildman–Crippen LogP) is 4.29. The van der Waals surface area contributed by atoms with Crippen LogP contribution in [0.25, 0.3) is 0 Å². The summed E-state index contributed by atoms with van der Waals surface area (Å²) in [5.41, 5.74) is 4.04. The topological polar surface area (TPSA) is 12.0 Å². The monoisotopic (exact) mass is 217 g/mol. The third-order valence-electron chi connectivity index (χ3n) is 3.68. The Kier molecular flexibility index (Phi) is 3.52. The van der Waals surface area contributed by atoms with Crippen molar-refractivity contribution < 1.29 is 0 Å². The van der Waals surface area contributed by atoms with Crippen molar-refractivity contribution in [3.05, 3.63) is 29.3 Å². The van der Waals surface area contributed by atoms with Crippen LogP contribution in [0.15, 0.2) is 18.2 Å². The lowest BCUT2D eigenvalue weighted by atomic mass is 9.87. The summed E-state index contributed by atoms with van der Waals surface area (Å²) < 4.78 is 0. The Labute approximate surface area is 99.3 Å². The van der Waals surface area contributed by atoms with Gasteiger partial charge in [-0.2, -0.15) is 0 Å². The van der Waals surface area contributed by atoms with Gasteiger partial charge in [-0.3, -0.25) is 0 Å². The van der Waals surface area contributed by atoms with Gasteiger partial charge < -0.3 is 5.32 Å². The van der Waals surface area contributed by atoms with Crippen LogP contribution in [0.1, 0.15) is 43.7 Å². The van der Waals surface area contributed by atoms with E-state index in [-0.39, 0.29) is 0 Å². The van der Waals surface area contributed by atoms with E-state index in [2.05, 4.69) is 44.3 Å². The first-order chi connectivity index (χ1) is 7.65. The molecule has 1 N–H and O–H groups in total. The molecule has 1 aromatic rings. The van der Waals surface area contributed by atoms with Gasteiger partial charge in [-0.15, -0.1) is 0 Å². The summed E-state index contributed by atoms with van der Waals surface area (Å²) in [6.07, 6.45) is 5.44. The highest BCUT2D eigenvalue weighted by Crippen LogP contribution is 2.27. The zero-order valence-corrected chi connectivity index (χ0v) is 10.7. The van der Waals surface area contributed by atoms with Gasteiger partial charge in [0.15, 0.2) is 0 Å². The first-order valence-corrected chi connectivity index (χ1v) is 6.49. The molecule has 1 fully saturated rings. The van der Waals surface area contributed by atoms with Gasteiger partial charge in [0, 0.05) is 11.7 Å². The first kappa shape index (κ1) is 11.5. The number of aryl methyl sites for hydroxylation is 2. The zero-order chi connectivity index (χ0) is 11.5. The highest BCUT2D eigenvalue weighted by Gasteiger charge is 2.18. The van der Waals surface area contributed by atoms with Crippen molar-refractivity contribution in [2.75, 3.05) is 5.32 Å². The van der Waals surface area contributed by atoms with Crippen molar-refractivity contribution in [2.24, 2.45) is 5.92 Å². The van der Waals surface area contributed by atoms with Crippen LogP contribution in [0.5, 0.6) is 0 Å². The van der Waals surface area contributed by atoms with E-state index in [1.54, 1.807) is 0 Å². The van der Waals surface area contributed by atoms with Gasteiger partial charge in [0.05, 0.1) is 0 Å². The Morgan fingerprint density at radius 3 is 2.69 bits per heavy atom. The van der Waals surface area contributed by atoms with E-state index in [0.29, 0.717) is 6.04 Å². The average Bonchev–Trinajstić information content (AvgIpc) is 2.22. The minimum Gasteiger partial charge on any atom is -0.382 e. The molecule has 1 aliphatic rings. The number of rotatable bonds is 2. The van der Waals surface area contributed by atoms with Gasteiger partial charge in [0.2, 0.25) is 0 Å². The second-order valence-electron chi connectivity index (χ2n) is 5.43. The van der Waals surface area contributed by atoms with Crippen molar-refractivity contribution in [3.63, 3.8) is 0 Å². The molecule has 2 unspecified atom stereocenters. The van der Waals surface area contributed by atoms with Crippen molar-refractivity contribution in [2.45, 2.75) is 52.5 Å². The van der Waals surface area contributed by atoms with Crippen molar-refractivity contribution in [3.8, 4) is 0 Å². The van der Waals surface area contributed by atoms with Crippen LogP contribution < -0.4 is 5.32 Å². The van der Waals surface area contributed by atoms with Gasteiger partial charge in [-0.1, -0.05) is 37.5 Å². The largest absolute Gasteiger partial charge is 0.382 e. The molecule has 0 bridgehead atoms. The lowest BCUT2D eigenvalue weighted by molar-refractivity contribution is 0.358. The van der Waals surface area contributed by atoms with Crippen LogP contribution >= 0.6 is 0 Å². The Balaban J connectivity index is 2.02. The van der Waals surface area contributed by atoms with Gasteiger partial charge >= 0.3 is 0 Å². The van der Waals surface area contributed by atoms with Crippen LogP contribution in [0.2, 0.25) is 0 Å². The molecule has 1 heteroatoms. The van der Waals surface area contributed by atoms with Crippen LogP contribution in [0.4, 0.5) is 5.69 Å². The molecular formula is C15H23N. The maximum atomic E-state index is 3.71. The lowest BCUT2D eigenvalue weighted by Crippen LogP contribution is -2.26. The molecular weight excluding hydrogens is 194 g/mol. The van der Waals surface area contributed by atoms with Crippen molar-refractivity contribution >= 4 is 5.69 Å². The van der Waals surface area contributed by atoms with Crippen LogP contribution in [-0.2, 0) is 0 Å². The molecule has 0 radical (unpaired) electrons. The van der Waals surface area contributed by atoms with Crippen LogP contribution in [0.3, 0.4) is 0 Å². The molecule has 1 nitrogen and oxygen atoms in total. The average molecular weight is 217 g/mol. The highest BCUT2D eigenvalue weighted by molar-refractivity contribution is 5.52. The number of benzene rings is 1. The number of hydrogen-bond donors (Lipinski definition) is 1. The van der Waals surface area contributed by atoms with E-state index < -0.39 is 0 Å². The minimum atomic E-state index is 0.685. The summed E-state index contributed by atoms with van der Waals surface area (Å²) in [6, 6.07) is 7.37. The third kappa shape index (κ3) is 2.78. The van der Waals surface area contributed by atoms with Crippen LogP contribution in [0, 0.1) is 19.8 Å². The molecule has 0 aromatic heterocycles. The van der Waals surface area contributed by atoms with Gasteiger partial charge in [0.1, 0.15) is 0 Å². The normalized spacial score (nSPS) is 25.4. The fourth-order valence-corrected chi connectivity index (χ4v) is 2.76. The zero-order valence-electron chi connectivity index (χ0n) is 10.7. The Bertz CT molecular complexity index is 356. The van der Waals surface area contributed by atoms with E-state index in [1.807, 2.05) is 0 Å². The summed E-state index contributed by atoms with van der Waals surface area (Å²) >= 11 is 0. The van der Waals surface area contributed by atoms with Gasteiger partial charge in [-0.05, 0) is 44.2 Å². The number of anilines is 1. The van der Waals surface area contributed by atoms with Crippen molar-refractivity contribution in [1.29, 1.82) is 0 Å². The van der Waals surface area contributed by atoms with E-state index in [9.17, 15) is 0 Å². The smallest absolute Gasteiger partial charge is 0.0372 e. The van der Waals surface area contributed by atoms with E-state index in [0.717, 1.165) is 5.92 Å². The number of nitrogens with one attached hydrogen (secondary N) is 1. The van der Waals surface area contributed by atoms with E-state index in [1.165, 1.54) is 42.5 Å². The second kappa shape index (κ2) is 4.90. The molecule has 2 atom stereocenters. The molecule has 16 heavy (non-hydrogen) atoms. The predicted molar refractivity (Wildman–Crippen MR) is 71.0 cm³/mol. The summed E-state index contributed by atoms with van der Waals surface area (Å²) in [7, 11) is 0. The maximum absolute atomic E-state index is 3.71. The fraction of sp³-hybridized carbons (Fsp3) is 0.600. The maximum Gasteiger partial charge on any atom is 0.0372 e. The van der Waals surface area contributed by atoms with Crippen LogP contribution in [-0.4, -0.2) is 6.04 Å². The lowest BCUT2D eigenvalue weighted by Gasteiger charge is -2.29. The fourth-order valence-electron chi connectivity index (χ4n) is 2.76. The summed E-state index contributed by atoms with van der Waals surface area (Å²) in [4.78, 5) is 0. The molecule has 1 aromatic carbocycles. The third-order valence-corrected chi connectivity index (χ3v) is 3.68. The quantitative estimate of drug-likeness (QED) is 0.779. The molecule has 0 aliphatic heterocycles. The minimum absolute atomic E-state index is 0.685. The van der Waals surface area contributed by atoms with Gasteiger partial charge in [-0.25, -0.2) is 0 Å². The summed E-state index contributed by atoms with van der Waals surface area (Å²) in [5, 5.41) is 3.71. The molecule has 0 spiro atoms. The molecule has 1 saturated carbocycles. The summed E-state index contributed by atoms with van der Waals surface area (Å²) in [5.74, 6) is 0.886. The molecule has 88 valence electrons. The molecule has 0 heterocycles. The first-order valence-electron chi connectivity index (χ1n) is 6.49. The molecule has 1 aliphatic carbocycles. The second-order valence-corrected chi connectivity index (χ2v) is 5.43. The molecule has 2 rings (SSSR count). The van der Waals surface area contributed by atoms with E-state index in [4.69, 9.17) is 0 Å². The Morgan fingerprint density at radius 1 is 1.19 bits per heavy atom. The van der Waals surface area contributed by atoms with Gasteiger partial charge in [0.25, 0.3) is 0 Å². The van der Waals surface area contributed by atoms with Crippen molar-refractivity contribution in [1.82, 2.24) is 0 Å². The number of hydrogen-bond acceptors (Lipinski definition) is 1. The Morgan fingerprint density at radius 2 is 2.00 bits per heavy atom. The standard InChI is InChI=1S/C15H23N/c1-11-5-4-6-14(10-11)16-15-8-7-12(2)9-13(15)3/h7-9,11,14,16H,4-6,10H2,1-3H3. The highest BCUT2D eigenvalue weighted by atomic mass is 14.9. The summed E-state index contributed by atoms with van der Waals surface area (Å²) in [6.45, 7) is 6.72.